The van der Waals surface area contributed by atoms with Crippen LogP contribution in [0.1, 0.15) is 54.0 Å². The molecule has 0 radical (unpaired) electrons. The number of carbonyl (C=O) groups excluding carboxylic acids is 1. The molecule has 1 amide bonds. The summed E-state index contributed by atoms with van der Waals surface area (Å²) in [6.45, 7) is 12.9. The maximum absolute atomic E-state index is 11.8. The smallest absolute Gasteiger partial charge is 0.444 e. The second-order valence-corrected chi connectivity index (χ2v) is 8.59. The molecule has 27 heavy (non-hydrogen) atoms. The van der Waals surface area contributed by atoms with Gasteiger partial charge < -0.3 is 19.4 Å². The Morgan fingerprint density at radius 2 is 1.78 bits per heavy atom. The van der Waals surface area contributed by atoms with E-state index in [0.29, 0.717) is 11.0 Å². The molecule has 0 aliphatic carbocycles. The molecule has 0 unspecified atom stereocenters. The molecule has 1 N–H and O–H groups in total. The maximum Gasteiger partial charge on any atom is 0.501 e. The minimum Gasteiger partial charge on any atom is -0.444 e. The highest BCUT2D eigenvalue weighted by Crippen LogP contribution is 2.37. The van der Waals surface area contributed by atoms with Gasteiger partial charge in [-0.15, -0.1) is 0 Å². The van der Waals surface area contributed by atoms with Crippen LogP contribution in [0.4, 0.5) is 10.5 Å². The fraction of sp³-hybridized carbons (Fsp3) is 0.611. The van der Waals surface area contributed by atoms with Crippen LogP contribution in [0.5, 0.6) is 0 Å². The van der Waals surface area contributed by atoms with E-state index in [4.69, 9.17) is 14.0 Å². The minimum absolute atomic E-state index is 0.111. The van der Waals surface area contributed by atoms with Crippen molar-refractivity contribution in [1.82, 2.24) is 5.32 Å². The molecule has 1 heterocycles. The Balaban J connectivity index is 2.18. The number of hydrogen-bond acceptors (Lipinski definition) is 6. The number of carbonyl (C=O) groups is 1. The van der Waals surface area contributed by atoms with Crippen LogP contribution >= 0.6 is 0 Å². The molecule has 0 atom stereocenters. The van der Waals surface area contributed by atoms with Crippen molar-refractivity contribution in [3.63, 3.8) is 0 Å². The molecule has 2 rings (SSSR count). The number of benzene rings is 1. The molecule has 0 spiro atoms. The fourth-order valence-corrected chi connectivity index (χ4v) is 2.52. The zero-order chi connectivity index (χ0) is 20.6. The summed E-state index contributed by atoms with van der Waals surface area (Å²) in [6, 6.07) is 4.72. The van der Waals surface area contributed by atoms with E-state index in [1.165, 1.54) is 6.07 Å². The molecule has 1 aromatic rings. The first-order valence-corrected chi connectivity index (χ1v) is 8.81. The lowest BCUT2D eigenvalue weighted by molar-refractivity contribution is -0.383. The van der Waals surface area contributed by atoms with Crippen LogP contribution in [-0.4, -0.2) is 34.9 Å². The molecule has 1 fully saturated rings. The number of ether oxygens (including phenoxy) is 1. The Kier molecular flexibility index (Phi) is 5.59. The molecule has 148 valence electrons. The van der Waals surface area contributed by atoms with Crippen molar-refractivity contribution < 1.29 is 23.8 Å². The van der Waals surface area contributed by atoms with E-state index >= 15 is 0 Å². The highest BCUT2D eigenvalue weighted by atomic mass is 16.7. The van der Waals surface area contributed by atoms with E-state index in [-0.39, 0.29) is 12.2 Å². The molecule has 1 aliphatic heterocycles. The van der Waals surface area contributed by atoms with E-state index < -0.39 is 34.9 Å². The number of amides is 1. The summed E-state index contributed by atoms with van der Waals surface area (Å²) < 4.78 is 17.0. The third kappa shape index (κ3) is 4.98. The molecule has 0 saturated carbocycles. The van der Waals surface area contributed by atoms with Gasteiger partial charge in [-0.1, -0.05) is 12.1 Å². The van der Waals surface area contributed by atoms with Gasteiger partial charge in [0.25, 0.3) is 5.69 Å². The average Bonchev–Trinajstić information content (AvgIpc) is 2.71. The van der Waals surface area contributed by atoms with Crippen LogP contribution in [-0.2, 0) is 20.6 Å². The first kappa shape index (κ1) is 21.2. The number of nitro benzene ring substituents is 1. The minimum atomic E-state index is -0.830. The topological polar surface area (TPSA) is 99.9 Å². The second kappa shape index (κ2) is 7.12. The van der Waals surface area contributed by atoms with Crippen LogP contribution in [0.15, 0.2) is 18.2 Å². The van der Waals surface area contributed by atoms with E-state index in [1.54, 1.807) is 32.9 Å². The summed E-state index contributed by atoms with van der Waals surface area (Å²) in [6.07, 6.45) is -0.583. The second-order valence-electron chi connectivity index (χ2n) is 8.59. The Morgan fingerprint density at radius 3 is 2.26 bits per heavy atom. The first-order valence-electron chi connectivity index (χ1n) is 8.81. The number of hydrogen-bond donors (Lipinski definition) is 1. The Morgan fingerprint density at radius 1 is 1.22 bits per heavy atom. The standard InChI is InChI=1S/C18H27BN2O6/c1-16(2,3)25-15(22)20-11-12-8-9-13(14(10-12)21(23)24)19-26-17(4,5)18(6,7)27-19/h8-10H,11H2,1-7H3,(H,20,22). The van der Waals surface area contributed by atoms with Crippen molar-refractivity contribution in [3.05, 3.63) is 33.9 Å². The Labute approximate surface area is 159 Å². The number of alkyl carbamates (subject to hydrolysis) is 1. The molecule has 1 aromatic carbocycles. The van der Waals surface area contributed by atoms with E-state index in [1.807, 2.05) is 27.7 Å². The van der Waals surface area contributed by atoms with Crippen molar-refractivity contribution >= 4 is 24.4 Å². The molecule has 1 saturated heterocycles. The van der Waals surface area contributed by atoms with Gasteiger partial charge in [-0.3, -0.25) is 10.1 Å². The number of nitrogens with one attached hydrogen (secondary N) is 1. The zero-order valence-electron chi connectivity index (χ0n) is 16.9. The largest absolute Gasteiger partial charge is 0.501 e. The molecule has 0 aromatic heterocycles. The van der Waals surface area contributed by atoms with Gasteiger partial charge in [0, 0.05) is 12.6 Å². The summed E-state index contributed by atoms with van der Waals surface area (Å²) in [7, 11) is -0.830. The summed E-state index contributed by atoms with van der Waals surface area (Å²) in [5.41, 5.74) is -0.994. The van der Waals surface area contributed by atoms with Gasteiger partial charge in [-0.2, -0.15) is 0 Å². The van der Waals surface area contributed by atoms with Gasteiger partial charge >= 0.3 is 13.2 Å². The van der Waals surface area contributed by atoms with Gasteiger partial charge in [-0.05, 0) is 54.0 Å². The lowest BCUT2D eigenvalue weighted by Crippen LogP contribution is -2.41. The van der Waals surface area contributed by atoms with Crippen LogP contribution < -0.4 is 10.8 Å². The molecule has 9 heteroatoms. The summed E-state index contributed by atoms with van der Waals surface area (Å²) in [5, 5.41) is 14.2. The van der Waals surface area contributed by atoms with E-state index in [0.717, 1.165) is 0 Å². The molecule has 0 bridgehead atoms. The Bertz CT molecular complexity index is 726. The molecule has 1 aliphatic rings. The van der Waals surface area contributed by atoms with Crippen molar-refractivity contribution in [2.24, 2.45) is 0 Å². The lowest BCUT2D eigenvalue weighted by Gasteiger charge is -2.32. The molecular formula is C18H27BN2O6. The maximum atomic E-state index is 11.8. The predicted octanol–water partition coefficient (Wildman–Crippen LogP) is 2.92. The first-order chi connectivity index (χ1) is 12.2. The van der Waals surface area contributed by atoms with Crippen LogP contribution in [0.25, 0.3) is 0 Å². The number of nitro groups is 1. The van der Waals surface area contributed by atoms with Crippen molar-refractivity contribution in [2.75, 3.05) is 0 Å². The van der Waals surface area contributed by atoms with Gasteiger partial charge in [-0.25, -0.2) is 4.79 Å². The fourth-order valence-electron chi connectivity index (χ4n) is 2.52. The summed E-state index contributed by atoms with van der Waals surface area (Å²) in [4.78, 5) is 22.8. The van der Waals surface area contributed by atoms with Crippen molar-refractivity contribution in [3.8, 4) is 0 Å². The third-order valence-corrected chi connectivity index (χ3v) is 4.63. The molecule has 8 nitrogen and oxygen atoms in total. The lowest BCUT2D eigenvalue weighted by atomic mass is 9.77. The van der Waals surface area contributed by atoms with Gasteiger partial charge in [0.05, 0.1) is 21.6 Å². The highest BCUT2D eigenvalue weighted by molar-refractivity contribution is 6.63. The third-order valence-electron chi connectivity index (χ3n) is 4.63. The van der Waals surface area contributed by atoms with Crippen LogP contribution in [0.2, 0.25) is 0 Å². The van der Waals surface area contributed by atoms with Crippen LogP contribution in [0, 0.1) is 10.1 Å². The predicted molar refractivity (Wildman–Crippen MR) is 102 cm³/mol. The normalized spacial score (nSPS) is 18.3. The van der Waals surface area contributed by atoms with Gasteiger partial charge in [0.15, 0.2) is 0 Å². The highest BCUT2D eigenvalue weighted by Gasteiger charge is 2.53. The van der Waals surface area contributed by atoms with Crippen molar-refractivity contribution in [2.45, 2.75) is 71.8 Å². The van der Waals surface area contributed by atoms with E-state index in [2.05, 4.69) is 5.32 Å². The zero-order valence-corrected chi connectivity index (χ0v) is 16.9. The quantitative estimate of drug-likeness (QED) is 0.491. The molecular weight excluding hydrogens is 351 g/mol. The SMILES string of the molecule is CC(C)(C)OC(=O)NCc1ccc(B2OC(C)(C)C(C)(C)O2)c([N+](=O)[O-])c1. The van der Waals surface area contributed by atoms with Crippen LogP contribution in [0.3, 0.4) is 0 Å². The summed E-state index contributed by atoms with van der Waals surface area (Å²) in [5.74, 6) is 0. The number of rotatable bonds is 4. The Hall–Kier alpha value is -2.13. The summed E-state index contributed by atoms with van der Waals surface area (Å²) >= 11 is 0. The van der Waals surface area contributed by atoms with Crippen molar-refractivity contribution in [1.29, 1.82) is 0 Å². The number of nitrogens with zero attached hydrogens (tertiary/aromatic N) is 1. The average molecular weight is 378 g/mol. The van der Waals surface area contributed by atoms with Gasteiger partial charge in [0.1, 0.15) is 5.60 Å². The van der Waals surface area contributed by atoms with E-state index in [9.17, 15) is 14.9 Å². The monoisotopic (exact) mass is 378 g/mol. The van der Waals surface area contributed by atoms with Gasteiger partial charge in [0.2, 0.25) is 0 Å².